The van der Waals surface area contributed by atoms with Crippen LogP contribution in [0.15, 0.2) is 34.7 Å². The number of nitrogens with two attached hydrogens (primary N) is 1. The molecule has 0 saturated heterocycles. The summed E-state index contributed by atoms with van der Waals surface area (Å²) in [5, 5.41) is 5.34. The Hall–Kier alpha value is -1.77. The summed E-state index contributed by atoms with van der Waals surface area (Å²) < 4.78 is 12.9. The summed E-state index contributed by atoms with van der Waals surface area (Å²) in [5.74, 6) is -0.951. The molecule has 0 saturated carbocycles. The first-order valence-corrected chi connectivity index (χ1v) is 9.00. The van der Waals surface area contributed by atoms with E-state index in [1.54, 1.807) is 0 Å². The highest BCUT2D eigenvalue weighted by Gasteiger charge is 2.47. The van der Waals surface area contributed by atoms with Gasteiger partial charge in [-0.05, 0) is 37.2 Å². The van der Waals surface area contributed by atoms with E-state index in [9.17, 15) is 14.0 Å². The van der Waals surface area contributed by atoms with Crippen molar-refractivity contribution in [2.24, 2.45) is 5.73 Å². The Balaban J connectivity index is 0.00000243. The number of carbonyl (C=O) groups excluding carboxylic acids is 2. The highest BCUT2D eigenvalue weighted by Crippen LogP contribution is 2.47. The minimum Gasteiger partial charge on any atom is -0.367 e. The number of amides is 3. The van der Waals surface area contributed by atoms with Gasteiger partial charge in [0.05, 0.1) is 0 Å². The molecule has 2 aliphatic rings. The van der Waals surface area contributed by atoms with E-state index < -0.39 is 16.8 Å². The number of urea groups is 1. The van der Waals surface area contributed by atoms with E-state index in [2.05, 4.69) is 22.5 Å². The van der Waals surface area contributed by atoms with Crippen LogP contribution in [-0.2, 0) is 4.79 Å². The Labute approximate surface area is 162 Å². The molecule has 0 bridgehead atoms. The molecule has 142 valence electrons. The average Bonchev–Trinajstić information content (AvgIpc) is 2.95. The summed E-state index contributed by atoms with van der Waals surface area (Å²) in [6.07, 6.45) is 1.31. The summed E-state index contributed by atoms with van der Waals surface area (Å²) in [6, 6.07) is 4.88. The number of nitrogens with zero attached hydrogens (tertiary/aromatic N) is 1. The molecule has 3 amide bonds. The number of nitrogens with one attached hydrogen (secondary N) is 2. The lowest BCUT2D eigenvalue weighted by Crippen LogP contribution is -2.55. The van der Waals surface area contributed by atoms with Crippen LogP contribution in [0.25, 0.3) is 0 Å². The third kappa shape index (κ3) is 4.31. The first-order valence-electron chi connectivity index (χ1n) is 8.19. The van der Waals surface area contributed by atoms with Crippen molar-refractivity contribution in [2.75, 3.05) is 25.0 Å². The van der Waals surface area contributed by atoms with Crippen LogP contribution in [-0.4, -0.2) is 41.3 Å². The van der Waals surface area contributed by atoms with Crippen LogP contribution < -0.4 is 16.4 Å². The lowest BCUT2D eigenvalue weighted by molar-refractivity contribution is -0.120. The van der Waals surface area contributed by atoms with Crippen molar-refractivity contribution in [1.29, 1.82) is 0 Å². The van der Waals surface area contributed by atoms with Crippen LogP contribution in [0.4, 0.5) is 14.9 Å². The van der Waals surface area contributed by atoms with Crippen molar-refractivity contribution in [3.63, 3.8) is 0 Å². The van der Waals surface area contributed by atoms with Crippen LogP contribution in [0.3, 0.4) is 0 Å². The Morgan fingerprint density at radius 2 is 2.04 bits per heavy atom. The molecule has 1 aromatic carbocycles. The van der Waals surface area contributed by atoms with E-state index in [4.69, 9.17) is 5.73 Å². The quantitative estimate of drug-likeness (QED) is 0.725. The lowest BCUT2D eigenvalue weighted by atomic mass is 9.99. The largest absolute Gasteiger partial charge is 0.367 e. The average molecular weight is 401 g/mol. The summed E-state index contributed by atoms with van der Waals surface area (Å²) in [4.78, 5) is 26.7. The Morgan fingerprint density at radius 3 is 2.65 bits per heavy atom. The van der Waals surface area contributed by atoms with Crippen LogP contribution in [0, 0.1) is 5.82 Å². The SMILES string of the molecule is CCN1CCC2=C(C1)SC(NC(=O)Nc1ccc(F)cc1)(C(N)=O)C2.Cl. The van der Waals surface area contributed by atoms with Crippen molar-refractivity contribution < 1.29 is 14.0 Å². The molecule has 0 radical (unpaired) electrons. The molecular formula is C17H22ClFN4O2S. The zero-order valence-corrected chi connectivity index (χ0v) is 16.0. The van der Waals surface area contributed by atoms with Crippen molar-refractivity contribution >= 4 is 41.8 Å². The van der Waals surface area contributed by atoms with Crippen molar-refractivity contribution in [2.45, 2.75) is 24.6 Å². The summed E-state index contributed by atoms with van der Waals surface area (Å²) in [6.45, 7) is 4.78. The van der Waals surface area contributed by atoms with Crippen molar-refractivity contribution in [3.05, 3.63) is 40.6 Å². The first-order chi connectivity index (χ1) is 11.9. The number of likely N-dealkylation sites (N-methyl/N-ethyl adjacent to an activating group) is 1. The maximum atomic E-state index is 12.9. The molecule has 1 unspecified atom stereocenters. The molecule has 6 nitrogen and oxygen atoms in total. The summed E-state index contributed by atoms with van der Waals surface area (Å²) >= 11 is 1.34. The normalized spacial score (nSPS) is 22.4. The highest BCUT2D eigenvalue weighted by atomic mass is 35.5. The number of anilines is 1. The second-order valence-electron chi connectivity index (χ2n) is 6.20. The zero-order chi connectivity index (χ0) is 18.0. The van der Waals surface area contributed by atoms with Gasteiger partial charge >= 0.3 is 6.03 Å². The fourth-order valence-corrected chi connectivity index (χ4v) is 4.56. The number of thioether (sulfide) groups is 1. The van der Waals surface area contributed by atoms with Gasteiger partial charge < -0.3 is 16.4 Å². The molecule has 3 rings (SSSR count). The molecule has 0 fully saturated rings. The number of hydrogen-bond acceptors (Lipinski definition) is 4. The Morgan fingerprint density at radius 1 is 1.35 bits per heavy atom. The monoisotopic (exact) mass is 400 g/mol. The fraction of sp³-hybridized carbons (Fsp3) is 0.412. The topological polar surface area (TPSA) is 87.5 Å². The van der Waals surface area contributed by atoms with Gasteiger partial charge in [-0.3, -0.25) is 9.69 Å². The predicted molar refractivity (Wildman–Crippen MR) is 104 cm³/mol. The first kappa shape index (κ1) is 20.5. The van der Waals surface area contributed by atoms with Gasteiger partial charge in [0.1, 0.15) is 5.82 Å². The number of carbonyl (C=O) groups is 2. The molecule has 4 N–H and O–H groups in total. The third-order valence-electron chi connectivity index (χ3n) is 4.51. The minimum atomic E-state index is -1.17. The number of hydrogen-bond donors (Lipinski definition) is 3. The molecular weight excluding hydrogens is 379 g/mol. The van der Waals surface area contributed by atoms with Gasteiger partial charge in [0, 0.05) is 30.1 Å². The molecule has 9 heteroatoms. The molecule has 1 aromatic rings. The lowest BCUT2D eigenvalue weighted by Gasteiger charge is -2.27. The maximum absolute atomic E-state index is 12.9. The fourth-order valence-electron chi connectivity index (χ4n) is 3.08. The molecule has 26 heavy (non-hydrogen) atoms. The van der Waals surface area contributed by atoms with Crippen LogP contribution in [0.5, 0.6) is 0 Å². The van der Waals surface area contributed by atoms with Gasteiger partial charge in [-0.25, -0.2) is 9.18 Å². The van der Waals surface area contributed by atoms with Crippen LogP contribution in [0.1, 0.15) is 19.8 Å². The van der Waals surface area contributed by atoms with Gasteiger partial charge in [-0.15, -0.1) is 12.4 Å². The highest BCUT2D eigenvalue weighted by molar-refractivity contribution is 8.05. The van der Waals surface area contributed by atoms with E-state index >= 15 is 0 Å². The second kappa shape index (κ2) is 8.28. The maximum Gasteiger partial charge on any atom is 0.320 e. The standard InChI is InChI=1S/C17H21FN4O2S.ClH/c1-2-22-8-7-11-9-17(15(19)23,25-14(11)10-22)21-16(24)20-13-5-3-12(18)4-6-13;/h3-6H,2,7-10H2,1H3,(H2,19,23)(H2,20,21,24);1H. The van der Waals surface area contributed by atoms with E-state index in [0.29, 0.717) is 12.1 Å². The van der Waals surface area contributed by atoms with Gasteiger partial charge in [-0.2, -0.15) is 0 Å². The molecule has 2 heterocycles. The molecule has 0 spiro atoms. The molecule has 0 aromatic heterocycles. The van der Waals surface area contributed by atoms with Crippen LogP contribution >= 0.6 is 24.2 Å². The summed E-state index contributed by atoms with van der Waals surface area (Å²) in [5.41, 5.74) is 7.26. The van der Waals surface area contributed by atoms with Gasteiger partial charge in [0.25, 0.3) is 5.91 Å². The third-order valence-corrected chi connectivity index (χ3v) is 5.97. The van der Waals surface area contributed by atoms with Gasteiger partial charge in [-0.1, -0.05) is 24.3 Å². The predicted octanol–water partition coefficient (Wildman–Crippen LogP) is 2.67. The second-order valence-corrected chi connectivity index (χ2v) is 7.60. The van der Waals surface area contributed by atoms with E-state index in [-0.39, 0.29) is 18.2 Å². The zero-order valence-electron chi connectivity index (χ0n) is 14.4. The summed E-state index contributed by atoms with van der Waals surface area (Å²) in [7, 11) is 0. The van der Waals surface area contributed by atoms with Crippen LogP contribution in [0.2, 0.25) is 0 Å². The number of rotatable bonds is 4. The number of halogens is 2. The van der Waals surface area contributed by atoms with Gasteiger partial charge in [0.2, 0.25) is 0 Å². The Kier molecular flexibility index (Phi) is 6.54. The van der Waals surface area contributed by atoms with Crippen molar-refractivity contribution in [3.8, 4) is 0 Å². The number of benzene rings is 1. The molecule has 1 atom stereocenters. The van der Waals surface area contributed by atoms with E-state index in [1.807, 2.05) is 0 Å². The minimum absolute atomic E-state index is 0. The van der Waals surface area contributed by atoms with Gasteiger partial charge in [0.15, 0.2) is 4.87 Å². The molecule has 0 aliphatic carbocycles. The van der Waals surface area contributed by atoms with Crippen molar-refractivity contribution in [1.82, 2.24) is 10.2 Å². The Bertz CT molecular complexity index is 728. The van der Waals surface area contributed by atoms with E-state index in [1.165, 1.54) is 41.6 Å². The number of primary amides is 1. The smallest absolute Gasteiger partial charge is 0.320 e. The molecule has 2 aliphatic heterocycles. The van der Waals surface area contributed by atoms with E-state index in [0.717, 1.165) is 31.0 Å².